The van der Waals surface area contributed by atoms with Gasteiger partial charge in [0.1, 0.15) is 0 Å². The number of hydrogen-bond acceptors (Lipinski definition) is 2. The number of benzene rings is 1. The Kier molecular flexibility index (Phi) is 5.75. The van der Waals surface area contributed by atoms with Crippen LogP contribution < -0.4 is 5.32 Å². The minimum absolute atomic E-state index is 0.383. The number of nitrogens with zero attached hydrogens (tertiary/aromatic N) is 1. The summed E-state index contributed by atoms with van der Waals surface area (Å²) < 4.78 is 0. The van der Waals surface area contributed by atoms with Crippen LogP contribution in [-0.2, 0) is 6.54 Å². The summed E-state index contributed by atoms with van der Waals surface area (Å²) in [6.45, 7) is 8.99. The van der Waals surface area contributed by atoms with Crippen LogP contribution in [0.25, 0.3) is 10.9 Å². The molecule has 0 aliphatic heterocycles. The average Bonchev–Trinajstić information content (AvgIpc) is 2.47. The zero-order valence-electron chi connectivity index (χ0n) is 13.7. The molecule has 0 aliphatic rings. The van der Waals surface area contributed by atoms with E-state index in [9.17, 15) is 0 Å². The molecule has 1 N–H and O–H groups in total. The van der Waals surface area contributed by atoms with Crippen molar-refractivity contribution in [1.29, 1.82) is 0 Å². The fourth-order valence-corrected chi connectivity index (χ4v) is 2.72. The number of pyridine rings is 1. The van der Waals surface area contributed by atoms with Gasteiger partial charge in [-0.1, -0.05) is 52.2 Å². The van der Waals surface area contributed by atoms with Gasteiger partial charge in [0.05, 0.1) is 5.52 Å². The molecule has 0 unspecified atom stereocenters. The lowest BCUT2D eigenvalue weighted by atomic mass is 9.87. The van der Waals surface area contributed by atoms with Gasteiger partial charge in [-0.25, -0.2) is 0 Å². The van der Waals surface area contributed by atoms with Gasteiger partial charge in [-0.15, -0.1) is 0 Å². The normalized spacial score (nSPS) is 12.0. The molecule has 2 aromatic rings. The first-order chi connectivity index (χ1) is 10.1. The predicted molar refractivity (Wildman–Crippen MR) is 91.4 cm³/mol. The highest BCUT2D eigenvalue weighted by Crippen LogP contribution is 2.23. The number of rotatable bonds is 8. The van der Waals surface area contributed by atoms with Crippen LogP contribution in [0, 0.1) is 5.41 Å². The minimum Gasteiger partial charge on any atom is -0.312 e. The summed E-state index contributed by atoms with van der Waals surface area (Å²) in [6, 6.07) is 10.6. The molecular weight excluding hydrogens is 256 g/mol. The Morgan fingerprint density at radius 2 is 2.00 bits per heavy atom. The van der Waals surface area contributed by atoms with Crippen molar-refractivity contribution in [3.63, 3.8) is 0 Å². The molecule has 1 aromatic carbocycles. The van der Waals surface area contributed by atoms with E-state index in [2.05, 4.69) is 55.3 Å². The smallest absolute Gasteiger partial charge is 0.0702 e. The molecule has 0 saturated heterocycles. The fourth-order valence-electron chi connectivity index (χ4n) is 2.72. The van der Waals surface area contributed by atoms with Crippen molar-refractivity contribution in [3.05, 3.63) is 42.1 Å². The molecule has 0 atom stereocenters. The molecule has 2 heteroatoms. The van der Waals surface area contributed by atoms with Crippen molar-refractivity contribution in [2.45, 2.75) is 53.0 Å². The SMILES string of the molecule is CCCCCC(C)(C)CNCc1ccc2ncccc2c1. The number of aromatic nitrogens is 1. The van der Waals surface area contributed by atoms with Crippen molar-refractivity contribution >= 4 is 10.9 Å². The molecule has 0 fully saturated rings. The zero-order chi connectivity index (χ0) is 15.1. The van der Waals surface area contributed by atoms with E-state index >= 15 is 0 Å². The Labute approximate surface area is 129 Å². The van der Waals surface area contributed by atoms with E-state index < -0.39 is 0 Å². The van der Waals surface area contributed by atoms with Crippen LogP contribution in [0.15, 0.2) is 36.5 Å². The summed E-state index contributed by atoms with van der Waals surface area (Å²) in [4.78, 5) is 4.36. The van der Waals surface area contributed by atoms with E-state index in [1.54, 1.807) is 0 Å². The van der Waals surface area contributed by atoms with Gasteiger partial charge in [-0.3, -0.25) is 4.98 Å². The van der Waals surface area contributed by atoms with E-state index in [-0.39, 0.29) is 0 Å². The molecule has 0 saturated carbocycles. The van der Waals surface area contributed by atoms with Crippen molar-refractivity contribution in [1.82, 2.24) is 10.3 Å². The van der Waals surface area contributed by atoms with Crippen molar-refractivity contribution < 1.29 is 0 Å². The van der Waals surface area contributed by atoms with Crippen LogP contribution in [0.2, 0.25) is 0 Å². The third kappa shape index (κ3) is 5.13. The lowest BCUT2D eigenvalue weighted by Crippen LogP contribution is -2.29. The maximum atomic E-state index is 4.36. The van der Waals surface area contributed by atoms with Gasteiger partial charge in [0.2, 0.25) is 0 Å². The Hall–Kier alpha value is -1.41. The van der Waals surface area contributed by atoms with Gasteiger partial charge >= 0.3 is 0 Å². The second-order valence-electron chi connectivity index (χ2n) is 6.76. The standard InChI is InChI=1S/C19H28N2/c1-4-5-6-11-19(2,3)15-20-14-16-9-10-18-17(13-16)8-7-12-21-18/h7-10,12-13,20H,4-6,11,14-15H2,1-3H3. The Morgan fingerprint density at radius 3 is 2.81 bits per heavy atom. The summed E-state index contributed by atoms with van der Waals surface area (Å²) >= 11 is 0. The molecule has 114 valence electrons. The summed E-state index contributed by atoms with van der Waals surface area (Å²) in [7, 11) is 0. The molecule has 0 spiro atoms. The monoisotopic (exact) mass is 284 g/mol. The van der Waals surface area contributed by atoms with E-state index in [1.807, 2.05) is 12.3 Å². The third-order valence-corrected chi connectivity index (χ3v) is 4.06. The van der Waals surface area contributed by atoms with Gasteiger partial charge in [0.15, 0.2) is 0 Å². The molecule has 0 aliphatic carbocycles. The van der Waals surface area contributed by atoms with Crippen LogP contribution in [0.5, 0.6) is 0 Å². The maximum absolute atomic E-state index is 4.36. The highest BCUT2D eigenvalue weighted by Gasteiger charge is 2.16. The summed E-state index contributed by atoms with van der Waals surface area (Å²) in [5, 5.41) is 4.83. The van der Waals surface area contributed by atoms with Gasteiger partial charge in [0, 0.05) is 24.7 Å². The van der Waals surface area contributed by atoms with E-state index in [0.29, 0.717) is 5.41 Å². The Balaban J connectivity index is 1.84. The summed E-state index contributed by atoms with van der Waals surface area (Å²) in [5.74, 6) is 0. The molecule has 1 aromatic heterocycles. The van der Waals surface area contributed by atoms with Crippen LogP contribution in [0.3, 0.4) is 0 Å². The van der Waals surface area contributed by atoms with E-state index in [0.717, 1.165) is 18.6 Å². The first kappa shape index (κ1) is 16.0. The highest BCUT2D eigenvalue weighted by atomic mass is 14.9. The molecule has 1 heterocycles. The number of nitrogens with one attached hydrogen (secondary N) is 1. The maximum Gasteiger partial charge on any atom is 0.0702 e. The number of unbranched alkanes of at least 4 members (excludes halogenated alkanes) is 2. The quantitative estimate of drug-likeness (QED) is 0.695. The summed E-state index contributed by atoms with van der Waals surface area (Å²) in [5.41, 5.74) is 2.79. The first-order valence-corrected chi connectivity index (χ1v) is 8.15. The molecule has 0 bridgehead atoms. The lowest BCUT2D eigenvalue weighted by Gasteiger charge is -2.25. The van der Waals surface area contributed by atoms with Gasteiger partial charge in [0.25, 0.3) is 0 Å². The molecule has 0 radical (unpaired) electrons. The zero-order valence-corrected chi connectivity index (χ0v) is 13.7. The molecule has 2 nitrogen and oxygen atoms in total. The second-order valence-corrected chi connectivity index (χ2v) is 6.76. The predicted octanol–water partition coefficient (Wildman–Crippen LogP) is 4.93. The Bertz CT molecular complexity index is 560. The molecule has 21 heavy (non-hydrogen) atoms. The third-order valence-electron chi connectivity index (χ3n) is 4.06. The average molecular weight is 284 g/mol. The number of fused-ring (bicyclic) bond motifs is 1. The topological polar surface area (TPSA) is 24.9 Å². The highest BCUT2D eigenvalue weighted by molar-refractivity contribution is 5.78. The molecular formula is C19H28N2. The first-order valence-electron chi connectivity index (χ1n) is 8.15. The molecule has 2 rings (SSSR count). The second kappa shape index (κ2) is 7.56. The van der Waals surface area contributed by atoms with Crippen molar-refractivity contribution in [3.8, 4) is 0 Å². The number of hydrogen-bond donors (Lipinski definition) is 1. The molecule has 0 amide bonds. The van der Waals surface area contributed by atoms with Crippen LogP contribution in [-0.4, -0.2) is 11.5 Å². The summed E-state index contributed by atoms with van der Waals surface area (Å²) in [6.07, 6.45) is 7.14. The van der Waals surface area contributed by atoms with E-state index in [4.69, 9.17) is 0 Å². The van der Waals surface area contributed by atoms with E-state index in [1.165, 1.54) is 36.6 Å². The fraction of sp³-hybridized carbons (Fsp3) is 0.526. The van der Waals surface area contributed by atoms with Crippen molar-refractivity contribution in [2.24, 2.45) is 5.41 Å². The lowest BCUT2D eigenvalue weighted by molar-refractivity contribution is 0.302. The van der Waals surface area contributed by atoms with Gasteiger partial charge < -0.3 is 5.32 Å². The minimum atomic E-state index is 0.383. The largest absolute Gasteiger partial charge is 0.312 e. The Morgan fingerprint density at radius 1 is 1.14 bits per heavy atom. The van der Waals surface area contributed by atoms with Crippen LogP contribution >= 0.6 is 0 Å². The van der Waals surface area contributed by atoms with Gasteiger partial charge in [-0.2, -0.15) is 0 Å². The van der Waals surface area contributed by atoms with Crippen LogP contribution in [0.1, 0.15) is 52.0 Å². The van der Waals surface area contributed by atoms with Crippen molar-refractivity contribution in [2.75, 3.05) is 6.54 Å². The van der Waals surface area contributed by atoms with Crippen LogP contribution in [0.4, 0.5) is 0 Å². The van der Waals surface area contributed by atoms with Gasteiger partial charge in [-0.05, 0) is 35.6 Å².